The monoisotopic (exact) mass is 200 g/mol. The molecule has 2 heterocycles. The van der Waals surface area contributed by atoms with Gasteiger partial charge in [-0.25, -0.2) is 0 Å². The van der Waals surface area contributed by atoms with Gasteiger partial charge in [-0.1, -0.05) is 6.92 Å². The summed E-state index contributed by atoms with van der Waals surface area (Å²) in [4.78, 5) is 11.2. The Balaban J connectivity index is 2.11. The first-order valence-electron chi connectivity index (χ1n) is 4.92. The van der Waals surface area contributed by atoms with E-state index < -0.39 is 5.79 Å². The van der Waals surface area contributed by atoms with E-state index in [2.05, 4.69) is 0 Å². The second-order valence-corrected chi connectivity index (χ2v) is 4.49. The van der Waals surface area contributed by atoms with Gasteiger partial charge in [0.1, 0.15) is 12.2 Å². The number of rotatable bonds is 1. The standard InChI is InChI=1S/C10H16O4/c1-5-7(6(2)11)12-9-8(5)13-10(3,4)14-9/h5,7-9H,1-4H3. The number of ketones is 1. The van der Waals surface area contributed by atoms with Gasteiger partial charge in [-0.3, -0.25) is 4.79 Å². The molecule has 0 saturated carbocycles. The van der Waals surface area contributed by atoms with E-state index in [0.717, 1.165) is 0 Å². The fraction of sp³-hybridized carbons (Fsp3) is 0.900. The predicted molar refractivity (Wildman–Crippen MR) is 48.5 cm³/mol. The smallest absolute Gasteiger partial charge is 0.188 e. The van der Waals surface area contributed by atoms with E-state index in [0.29, 0.717) is 0 Å². The van der Waals surface area contributed by atoms with Crippen LogP contribution in [0, 0.1) is 5.92 Å². The van der Waals surface area contributed by atoms with E-state index in [1.54, 1.807) is 0 Å². The molecule has 4 heteroatoms. The lowest BCUT2D eigenvalue weighted by molar-refractivity contribution is -0.209. The molecular weight excluding hydrogens is 184 g/mol. The van der Waals surface area contributed by atoms with Crippen LogP contribution in [0.3, 0.4) is 0 Å². The van der Waals surface area contributed by atoms with Gasteiger partial charge in [-0.15, -0.1) is 0 Å². The highest BCUT2D eigenvalue weighted by Gasteiger charge is 2.53. The van der Waals surface area contributed by atoms with E-state index in [-0.39, 0.29) is 30.2 Å². The van der Waals surface area contributed by atoms with Crippen LogP contribution in [0.4, 0.5) is 0 Å². The quantitative estimate of drug-likeness (QED) is 0.635. The molecule has 0 bridgehead atoms. The van der Waals surface area contributed by atoms with Gasteiger partial charge in [-0.05, 0) is 20.8 Å². The summed E-state index contributed by atoms with van der Waals surface area (Å²) in [5.41, 5.74) is 0. The van der Waals surface area contributed by atoms with Crippen molar-refractivity contribution in [3.63, 3.8) is 0 Å². The average molecular weight is 200 g/mol. The zero-order valence-corrected chi connectivity index (χ0v) is 8.94. The lowest BCUT2D eigenvalue weighted by Gasteiger charge is -2.22. The Morgan fingerprint density at radius 1 is 1.29 bits per heavy atom. The van der Waals surface area contributed by atoms with E-state index in [1.807, 2.05) is 20.8 Å². The highest BCUT2D eigenvalue weighted by molar-refractivity contribution is 5.81. The van der Waals surface area contributed by atoms with Crippen molar-refractivity contribution >= 4 is 5.78 Å². The Hall–Kier alpha value is -0.450. The molecule has 0 aromatic carbocycles. The van der Waals surface area contributed by atoms with Crippen LogP contribution in [-0.4, -0.2) is 30.1 Å². The van der Waals surface area contributed by atoms with Crippen LogP contribution in [0.25, 0.3) is 0 Å². The van der Waals surface area contributed by atoms with Gasteiger partial charge in [0.25, 0.3) is 0 Å². The maximum atomic E-state index is 11.2. The van der Waals surface area contributed by atoms with Gasteiger partial charge in [0.15, 0.2) is 17.9 Å². The van der Waals surface area contributed by atoms with Crippen molar-refractivity contribution < 1.29 is 19.0 Å². The molecule has 4 atom stereocenters. The SMILES string of the molecule is CC(=O)C1OC2OC(C)(C)OC2C1C. The van der Waals surface area contributed by atoms with Gasteiger partial charge >= 0.3 is 0 Å². The number of Topliss-reactive ketones (excluding diaryl/α,β-unsaturated/α-hetero) is 1. The highest BCUT2D eigenvalue weighted by atomic mass is 16.8. The maximum absolute atomic E-state index is 11.2. The van der Waals surface area contributed by atoms with Crippen molar-refractivity contribution in [2.45, 2.75) is 52.0 Å². The van der Waals surface area contributed by atoms with Crippen molar-refractivity contribution in [1.82, 2.24) is 0 Å². The van der Waals surface area contributed by atoms with Crippen LogP contribution < -0.4 is 0 Å². The van der Waals surface area contributed by atoms with E-state index in [4.69, 9.17) is 14.2 Å². The van der Waals surface area contributed by atoms with E-state index in [1.165, 1.54) is 6.92 Å². The van der Waals surface area contributed by atoms with Crippen molar-refractivity contribution in [3.05, 3.63) is 0 Å². The van der Waals surface area contributed by atoms with Crippen LogP contribution in [0.15, 0.2) is 0 Å². The molecular formula is C10H16O4. The molecule has 2 fully saturated rings. The summed E-state index contributed by atoms with van der Waals surface area (Å²) in [5.74, 6) is -0.484. The molecule has 4 nitrogen and oxygen atoms in total. The normalized spacial score (nSPS) is 45.1. The minimum absolute atomic E-state index is 0.0388. The molecule has 2 saturated heterocycles. The molecule has 2 aliphatic rings. The fourth-order valence-electron chi connectivity index (χ4n) is 2.12. The Bertz CT molecular complexity index is 261. The van der Waals surface area contributed by atoms with Gasteiger partial charge < -0.3 is 14.2 Å². The van der Waals surface area contributed by atoms with E-state index >= 15 is 0 Å². The molecule has 0 aromatic heterocycles. The lowest BCUT2D eigenvalue weighted by atomic mass is 9.98. The van der Waals surface area contributed by atoms with Crippen LogP contribution in [0.5, 0.6) is 0 Å². The topological polar surface area (TPSA) is 44.8 Å². The first kappa shape index (κ1) is 10.1. The largest absolute Gasteiger partial charge is 0.341 e. The molecule has 0 N–H and O–H groups in total. The summed E-state index contributed by atoms with van der Waals surface area (Å²) in [6.07, 6.45) is -0.867. The van der Waals surface area contributed by atoms with Gasteiger partial charge in [0, 0.05) is 5.92 Å². The van der Waals surface area contributed by atoms with Crippen LogP contribution in [0.1, 0.15) is 27.7 Å². The van der Waals surface area contributed by atoms with Crippen molar-refractivity contribution in [2.24, 2.45) is 5.92 Å². The summed E-state index contributed by atoms with van der Waals surface area (Å²) in [6, 6.07) is 0. The first-order chi connectivity index (χ1) is 6.41. The molecule has 0 spiro atoms. The van der Waals surface area contributed by atoms with Crippen molar-refractivity contribution in [1.29, 1.82) is 0 Å². The highest BCUT2D eigenvalue weighted by Crippen LogP contribution is 2.40. The third-order valence-electron chi connectivity index (χ3n) is 2.77. The van der Waals surface area contributed by atoms with Crippen molar-refractivity contribution in [3.8, 4) is 0 Å². The van der Waals surface area contributed by atoms with Crippen molar-refractivity contribution in [2.75, 3.05) is 0 Å². The van der Waals surface area contributed by atoms with Gasteiger partial charge in [-0.2, -0.15) is 0 Å². The second-order valence-electron chi connectivity index (χ2n) is 4.49. The molecule has 2 aliphatic heterocycles. The third kappa shape index (κ3) is 1.47. The number of ether oxygens (including phenoxy) is 3. The summed E-state index contributed by atoms with van der Waals surface area (Å²) in [5, 5.41) is 0. The molecule has 0 amide bonds. The summed E-state index contributed by atoms with van der Waals surface area (Å²) < 4.78 is 16.7. The predicted octanol–water partition coefficient (Wildman–Crippen LogP) is 1.09. The first-order valence-corrected chi connectivity index (χ1v) is 4.92. The summed E-state index contributed by atoms with van der Waals surface area (Å²) >= 11 is 0. The third-order valence-corrected chi connectivity index (χ3v) is 2.77. The Morgan fingerprint density at radius 2 is 1.93 bits per heavy atom. The Morgan fingerprint density at radius 3 is 2.43 bits per heavy atom. The summed E-state index contributed by atoms with van der Waals surface area (Å²) in [6.45, 7) is 7.20. The van der Waals surface area contributed by atoms with Gasteiger partial charge in [0.05, 0.1) is 0 Å². The minimum Gasteiger partial charge on any atom is -0.341 e. The molecule has 0 radical (unpaired) electrons. The molecule has 0 aromatic rings. The van der Waals surface area contributed by atoms with Gasteiger partial charge in [0.2, 0.25) is 0 Å². The summed E-state index contributed by atoms with van der Waals surface area (Å²) in [7, 11) is 0. The second kappa shape index (κ2) is 3.02. The molecule has 0 aliphatic carbocycles. The van der Waals surface area contributed by atoms with Crippen LogP contribution in [0.2, 0.25) is 0 Å². The lowest BCUT2D eigenvalue weighted by Crippen LogP contribution is -2.31. The average Bonchev–Trinajstić information content (AvgIpc) is 2.46. The Kier molecular flexibility index (Phi) is 2.17. The number of hydrogen-bond donors (Lipinski definition) is 0. The van der Waals surface area contributed by atoms with Crippen LogP contribution in [-0.2, 0) is 19.0 Å². The molecule has 14 heavy (non-hydrogen) atoms. The molecule has 80 valence electrons. The zero-order valence-electron chi connectivity index (χ0n) is 8.94. The molecule has 4 unspecified atom stereocenters. The number of hydrogen-bond acceptors (Lipinski definition) is 4. The zero-order chi connectivity index (χ0) is 10.5. The Labute approximate surface area is 83.5 Å². The number of carbonyl (C=O) groups excluding carboxylic acids is 1. The van der Waals surface area contributed by atoms with E-state index in [9.17, 15) is 4.79 Å². The number of fused-ring (bicyclic) bond motifs is 1. The fourth-order valence-corrected chi connectivity index (χ4v) is 2.12. The number of carbonyl (C=O) groups is 1. The molecule has 2 rings (SSSR count). The maximum Gasteiger partial charge on any atom is 0.188 e. The minimum atomic E-state index is -0.592. The van der Waals surface area contributed by atoms with Crippen LogP contribution >= 0.6 is 0 Å².